The highest BCUT2D eigenvalue weighted by atomic mass is 16.1. The zero-order valence-electron chi connectivity index (χ0n) is 7.75. The van der Waals surface area contributed by atoms with E-state index >= 15 is 0 Å². The summed E-state index contributed by atoms with van der Waals surface area (Å²) in [4.78, 5) is 11.5. The molecule has 0 aromatic carbocycles. The third kappa shape index (κ3) is 1.73. The molecule has 0 atom stereocenters. The number of hydrogen-bond donors (Lipinski definition) is 1. The fraction of sp³-hybridized carbons (Fsp3) is 0.545. The van der Waals surface area contributed by atoms with Crippen molar-refractivity contribution in [2.24, 2.45) is 11.7 Å². The normalized spacial score (nSPS) is 22.2. The molecule has 0 amide bonds. The molecule has 2 aliphatic carbocycles. The van der Waals surface area contributed by atoms with Gasteiger partial charge in [0.2, 0.25) is 0 Å². The molecule has 0 heterocycles. The van der Waals surface area contributed by atoms with Crippen LogP contribution >= 0.6 is 0 Å². The standard InChI is InChI=1S/C11H15NO/c12-7-11(13)10-4-2-1-3-9(10)8-5-6-8/h2,4,8H,1,3,5-7,12H2. The Morgan fingerprint density at radius 1 is 1.54 bits per heavy atom. The van der Waals surface area contributed by atoms with Crippen molar-refractivity contribution >= 4 is 5.78 Å². The van der Waals surface area contributed by atoms with Gasteiger partial charge in [-0.15, -0.1) is 0 Å². The zero-order valence-corrected chi connectivity index (χ0v) is 7.75. The van der Waals surface area contributed by atoms with Crippen LogP contribution in [0.2, 0.25) is 0 Å². The smallest absolute Gasteiger partial charge is 0.176 e. The van der Waals surface area contributed by atoms with E-state index in [2.05, 4.69) is 6.08 Å². The van der Waals surface area contributed by atoms with Gasteiger partial charge in [0, 0.05) is 5.57 Å². The number of rotatable bonds is 3. The summed E-state index contributed by atoms with van der Waals surface area (Å²) in [6.07, 6.45) is 8.74. The van der Waals surface area contributed by atoms with E-state index in [1.807, 2.05) is 6.08 Å². The molecule has 2 rings (SSSR count). The van der Waals surface area contributed by atoms with Crippen LogP contribution in [0.4, 0.5) is 0 Å². The van der Waals surface area contributed by atoms with Gasteiger partial charge in [-0.2, -0.15) is 0 Å². The molecule has 2 aliphatic rings. The van der Waals surface area contributed by atoms with Crippen LogP contribution in [-0.2, 0) is 4.79 Å². The number of carbonyl (C=O) groups excluding carboxylic acids is 1. The van der Waals surface area contributed by atoms with Gasteiger partial charge in [0.05, 0.1) is 6.54 Å². The van der Waals surface area contributed by atoms with Crippen LogP contribution in [0.1, 0.15) is 25.7 Å². The van der Waals surface area contributed by atoms with Crippen molar-refractivity contribution in [3.05, 3.63) is 23.3 Å². The Morgan fingerprint density at radius 2 is 2.31 bits per heavy atom. The van der Waals surface area contributed by atoms with Crippen molar-refractivity contribution in [1.29, 1.82) is 0 Å². The Bertz CT molecular complexity index is 284. The van der Waals surface area contributed by atoms with Crippen molar-refractivity contribution in [2.75, 3.05) is 6.54 Å². The van der Waals surface area contributed by atoms with E-state index in [0.717, 1.165) is 18.4 Å². The molecular weight excluding hydrogens is 162 g/mol. The van der Waals surface area contributed by atoms with E-state index < -0.39 is 0 Å². The Kier molecular flexibility index (Phi) is 2.32. The quantitative estimate of drug-likeness (QED) is 0.711. The lowest BCUT2D eigenvalue weighted by molar-refractivity contribution is -0.114. The first-order valence-corrected chi connectivity index (χ1v) is 4.95. The third-order valence-corrected chi connectivity index (χ3v) is 2.77. The molecule has 2 nitrogen and oxygen atoms in total. The highest BCUT2D eigenvalue weighted by molar-refractivity contribution is 6.00. The maximum Gasteiger partial charge on any atom is 0.176 e. The third-order valence-electron chi connectivity index (χ3n) is 2.77. The fourth-order valence-corrected chi connectivity index (χ4v) is 1.92. The van der Waals surface area contributed by atoms with Gasteiger partial charge in [-0.25, -0.2) is 0 Å². The maximum atomic E-state index is 11.5. The van der Waals surface area contributed by atoms with Crippen LogP contribution in [0.15, 0.2) is 23.3 Å². The molecule has 0 saturated heterocycles. The minimum absolute atomic E-state index is 0.109. The van der Waals surface area contributed by atoms with Gasteiger partial charge in [-0.1, -0.05) is 17.7 Å². The van der Waals surface area contributed by atoms with E-state index in [1.54, 1.807) is 0 Å². The van der Waals surface area contributed by atoms with E-state index in [4.69, 9.17) is 5.73 Å². The number of nitrogens with two attached hydrogens (primary N) is 1. The van der Waals surface area contributed by atoms with Crippen molar-refractivity contribution in [1.82, 2.24) is 0 Å². The maximum absolute atomic E-state index is 11.5. The predicted octanol–water partition coefficient (Wildman–Crippen LogP) is 1.57. The molecule has 0 bridgehead atoms. The SMILES string of the molecule is NCC(=O)C1=C(C2CC2)CCC=C1. The zero-order chi connectivity index (χ0) is 9.26. The number of hydrogen-bond acceptors (Lipinski definition) is 2. The number of Topliss-reactive ketones (excluding diaryl/α,β-unsaturated/α-hetero) is 1. The van der Waals surface area contributed by atoms with Gasteiger partial charge in [-0.05, 0) is 31.6 Å². The molecular formula is C11H15NO. The van der Waals surface area contributed by atoms with E-state index in [0.29, 0.717) is 5.92 Å². The van der Waals surface area contributed by atoms with Crippen LogP contribution in [0, 0.1) is 5.92 Å². The summed E-state index contributed by atoms with van der Waals surface area (Å²) in [5, 5.41) is 0. The van der Waals surface area contributed by atoms with Gasteiger partial charge in [0.1, 0.15) is 0 Å². The van der Waals surface area contributed by atoms with Gasteiger partial charge in [-0.3, -0.25) is 4.79 Å². The Balaban J connectivity index is 2.26. The van der Waals surface area contributed by atoms with Gasteiger partial charge < -0.3 is 5.73 Å². The highest BCUT2D eigenvalue weighted by Crippen LogP contribution is 2.41. The van der Waals surface area contributed by atoms with Gasteiger partial charge >= 0.3 is 0 Å². The van der Waals surface area contributed by atoms with Crippen molar-refractivity contribution < 1.29 is 4.79 Å². The average molecular weight is 177 g/mol. The van der Waals surface area contributed by atoms with Crippen molar-refractivity contribution in [3.63, 3.8) is 0 Å². The minimum Gasteiger partial charge on any atom is -0.324 e. The summed E-state index contributed by atoms with van der Waals surface area (Å²) in [5.74, 6) is 0.813. The molecule has 0 aliphatic heterocycles. The average Bonchev–Trinajstić information content (AvgIpc) is 3.00. The van der Waals surface area contributed by atoms with Crippen LogP contribution in [-0.4, -0.2) is 12.3 Å². The summed E-state index contributed by atoms with van der Waals surface area (Å²) in [7, 11) is 0. The molecule has 0 aromatic rings. The molecule has 1 saturated carbocycles. The van der Waals surface area contributed by atoms with E-state index in [1.165, 1.54) is 18.4 Å². The van der Waals surface area contributed by atoms with Crippen LogP contribution < -0.4 is 5.73 Å². The molecule has 0 aromatic heterocycles. The molecule has 0 spiro atoms. The van der Waals surface area contributed by atoms with Crippen molar-refractivity contribution in [2.45, 2.75) is 25.7 Å². The monoisotopic (exact) mass is 177 g/mol. The molecule has 13 heavy (non-hydrogen) atoms. The fourth-order valence-electron chi connectivity index (χ4n) is 1.92. The lowest BCUT2D eigenvalue weighted by atomic mass is 9.91. The largest absolute Gasteiger partial charge is 0.324 e. The highest BCUT2D eigenvalue weighted by Gasteiger charge is 2.29. The first-order valence-electron chi connectivity index (χ1n) is 4.95. The molecule has 1 fully saturated rings. The summed E-state index contributed by atoms with van der Waals surface area (Å²) in [5.41, 5.74) is 7.65. The topological polar surface area (TPSA) is 43.1 Å². The molecule has 2 heteroatoms. The molecule has 2 N–H and O–H groups in total. The Morgan fingerprint density at radius 3 is 2.92 bits per heavy atom. The molecule has 0 unspecified atom stereocenters. The summed E-state index contributed by atoms with van der Waals surface area (Å²) in [6, 6.07) is 0. The van der Waals surface area contributed by atoms with E-state index in [9.17, 15) is 4.79 Å². The lowest BCUT2D eigenvalue weighted by Crippen LogP contribution is -2.17. The number of ketones is 1. The van der Waals surface area contributed by atoms with Gasteiger partial charge in [0.15, 0.2) is 5.78 Å². The van der Waals surface area contributed by atoms with Crippen LogP contribution in [0.5, 0.6) is 0 Å². The first kappa shape index (κ1) is 8.70. The second-order valence-electron chi connectivity index (χ2n) is 3.78. The Labute approximate surface area is 78.5 Å². The van der Waals surface area contributed by atoms with Crippen LogP contribution in [0.3, 0.4) is 0 Å². The molecule has 0 radical (unpaired) electrons. The number of carbonyl (C=O) groups is 1. The van der Waals surface area contributed by atoms with E-state index in [-0.39, 0.29) is 12.3 Å². The second kappa shape index (κ2) is 3.46. The minimum atomic E-state index is 0.109. The lowest BCUT2D eigenvalue weighted by Gasteiger charge is -2.13. The van der Waals surface area contributed by atoms with Gasteiger partial charge in [0.25, 0.3) is 0 Å². The number of allylic oxidation sites excluding steroid dienone is 3. The summed E-state index contributed by atoms with van der Waals surface area (Å²) < 4.78 is 0. The first-order chi connectivity index (χ1) is 6.33. The van der Waals surface area contributed by atoms with Crippen LogP contribution in [0.25, 0.3) is 0 Å². The summed E-state index contributed by atoms with van der Waals surface area (Å²) >= 11 is 0. The summed E-state index contributed by atoms with van der Waals surface area (Å²) in [6.45, 7) is 0.149. The Hall–Kier alpha value is -0.890. The second-order valence-corrected chi connectivity index (χ2v) is 3.78. The predicted molar refractivity (Wildman–Crippen MR) is 52.2 cm³/mol. The van der Waals surface area contributed by atoms with Crippen molar-refractivity contribution in [3.8, 4) is 0 Å². The molecule has 70 valence electrons.